The third kappa shape index (κ3) is 3.68. The lowest BCUT2D eigenvalue weighted by molar-refractivity contribution is -0.132. The Morgan fingerprint density at radius 3 is 2.48 bits per heavy atom. The lowest BCUT2D eigenvalue weighted by atomic mass is 9.99. The topological polar surface area (TPSA) is 52.7 Å². The predicted molar refractivity (Wildman–Crippen MR) is 107 cm³/mol. The summed E-state index contributed by atoms with van der Waals surface area (Å²) >= 11 is 0. The summed E-state index contributed by atoms with van der Waals surface area (Å²) in [4.78, 5) is 28.6. The van der Waals surface area contributed by atoms with Crippen molar-refractivity contribution < 1.29 is 9.59 Å². The molecular weight excluding hydrogens is 338 g/mol. The molecule has 0 aromatic heterocycles. The van der Waals surface area contributed by atoms with Crippen LogP contribution in [0, 0.1) is 0 Å². The number of carbonyl (C=O) groups excluding carboxylic acids is 2. The minimum absolute atomic E-state index is 0.0925. The molecule has 2 heterocycles. The first-order chi connectivity index (χ1) is 13.1. The molecule has 0 aliphatic carbocycles. The largest absolute Gasteiger partial charge is 0.368 e. The highest BCUT2D eigenvalue weighted by atomic mass is 16.2. The number of rotatable bonds is 3. The molecule has 1 unspecified atom stereocenters. The maximum Gasteiger partial charge on any atom is 0.229 e. The van der Waals surface area contributed by atoms with Crippen LogP contribution in [0.5, 0.6) is 0 Å². The number of carbonyl (C=O) groups is 2. The molecule has 2 aromatic carbocycles. The molecule has 1 saturated heterocycles. The van der Waals surface area contributed by atoms with E-state index < -0.39 is 0 Å². The summed E-state index contributed by atoms with van der Waals surface area (Å²) in [6, 6.07) is 16.2. The van der Waals surface area contributed by atoms with Crippen molar-refractivity contribution in [1.29, 1.82) is 0 Å². The highest BCUT2D eigenvalue weighted by Gasteiger charge is 2.26. The first-order valence-corrected chi connectivity index (χ1v) is 9.63. The third-order valence-corrected chi connectivity index (χ3v) is 5.61. The number of nitrogens with zero attached hydrogens (tertiary/aromatic N) is 2. The van der Waals surface area contributed by atoms with E-state index in [4.69, 9.17) is 0 Å². The molecule has 2 aromatic rings. The van der Waals surface area contributed by atoms with Gasteiger partial charge in [-0.3, -0.25) is 9.59 Å². The van der Waals surface area contributed by atoms with Crippen LogP contribution in [0.3, 0.4) is 0 Å². The van der Waals surface area contributed by atoms with Crippen LogP contribution in [0.15, 0.2) is 48.5 Å². The van der Waals surface area contributed by atoms with E-state index in [2.05, 4.69) is 22.3 Å². The molecule has 1 N–H and O–H groups in total. The fourth-order valence-corrected chi connectivity index (χ4v) is 3.91. The molecule has 2 amide bonds. The first kappa shape index (κ1) is 17.6. The van der Waals surface area contributed by atoms with Gasteiger partial charge < -0.3 is 15.1 Å². The number of nitrogens with one attached hydrogen (secondary N) is 1. The molecule has 0 spiro atoms. The van der Waals surface area contributed by atoms with Gasteiger partial charge in [0, 0.05) is 44.0 Å². The van der Waals surface area contributed by atoms with Gasteiger partial charge in [0.1, 0.15) is 0 Å². The molecule has 0 radical (unpaired) electrons. The molecule has 2 aliphatic heterocycles. The summed E-state index contributed by atoms with van der Waals surface area (Å²) in [7, 11) is 0. The van der Waals surface area contributed by atoms with Crippen LogP contribution in [-0.4, -0.2) is 42.9 Å². The van der Waals surface area contributed by atoms with Crippen LogP contribution in [0.4, 0.5) is 11.4 Å². The van der Waals surface area contributed by atoms with E-state index in [9.17, 15) is 9.59 Å². The Morgan fingerprint density at radius 1 is 1.00 bits per heavy atom. The fraction of sp³-hybridized carbons (Fsp3) is 0.364. The van der Waals surface area contributed by atoms with Gasteiger partial charge in [-0.1, -0.05) is 30.3 Å². The number of benzene rings is 2. The summed E-state index contributed by atoms with van der Waals surface area (Å²) in [5, 5.41) is 2.93. The molecule has 27 heavy (non-hydrogen) atoms. The number of piperazine rings is 1. The van der Waals surface area contributed by atoms with Gasteiger partial charge in [-0.25, -0.2) is 0 Å². The van der Waals surface area contributed by atoms with Gasteiger partial charge in [0.25, 0.3) is 0 Å². The minimum atomic E-state index is -0.106. The Labute approximate surface area is 160 Å². The van der Waals surface area contributed by atoms with Gasteiger partial charge >= 0.3 is 0 Å². The van der Waals surface area contributed by atoms with Crippen molar-refractivity contribution in [2.75, 3.05) is 36.4 Å². The van der Waals surface area contributed by atoms with E-state index in [1.54, 1.807) is 0 Å². The molecule has 4 rings (SSSR count). The molecule has 0 saturated carbocycles. The van der Waals surface area contributed by atoms with Gasteiger partial charge in [0.15, 0.2) is 0 Å². The lowest BCUT2D eigenvalue weighted by Gasteiger charge is -2.37. The second kappa shape index (κ2) is 7.43. The van der Waals surface area contributed by atoms with Gasteiger partial charge in [0.05, 0.1) is 5.92 Å². The number of fused-ring (bicyclic) bond motifs is 1. The monoisotopic (exact) mass is 363 g/mol. The van der Waals surface area contributed by atoms with E-state index >= 15 is 0 Å². The second-order valence-electron chi connectivity index (χ2n) is 7.33. The van der Waals surface area contributed by atoms with E-state index in [0.717, 1.165) is 43.9 Å². The average molecular weight is 363 g/mol. The number of anilines is 2. The Bertz CT molecular complexity index is 842. The molecule has 2 aliphatic rings. The van der Waals surface area contributed by atoms with Gasteiger partial charge in [-0.2, -0.15) is 0 Å². The standard InChI is InChI=1S/C22H25N3O2/c1-16(17-5-3-2-4-6-17)22(27)25-13-11-24(12-14-25)19-8-9-20-18(15-19)7-10-21(26)23-20/h2-6,8-9,15-16H,7,10-14H2,1H3,(H,23,26). The van der Waals surface area contributed by atoms with Crippen molar-refractivity contribution in [1.82, 2.24) is 4.90 Å². The Kier molecular flexibility index (Phi) is 4.84. The smallest absolute Gasteiger partial charge is 0.229 e. The van der Waals surface area contributed by atoms with Crippen molar-refractivity contribution in [2.45, 2.75) is 25.7 Å². The SMILES string of the molecule is CC(C(=O)N1CCN(c2ccc3c(c2)CCC(=O)N3)CC1)c1ccccc1. The van der Waals surface area contributed by atoms with Crippen LogP contribution < -0.4 is 10.2 Å². The quantitative estimate of drug-likeness (QED) is 0.912. The number of amides is 2. The van der Waals surface area contributed by atoms with Crippen molar-refractivity contribution in [3.63, 3.8) is 0 Å². The number of hydrogen-bond donors (Lipinski definition) is 1. The maximum absolute atomic E-state index is 12.8. The van der Waals surface area contributed by atoms with Gasteiger partial charge in [-0.05, 0) is 42.7 Å². The highest BCUT2D eigenvalue weighted by Crippen LogP contribution is 2.28. The lowest BCUT2D eigenvalue weighted by Crippen LogP contribution is -2.49. The second-order valence-corrected chi connectivity index (χ2v) is 7.33. The van der Waals surface area contributed by atoms with Gasteiger partial charge in [0.2, 0.25) is 11.8 Å². The van der Waals surface area contributed by atoms with Crippen LogP contribution in [-0.2, 0) is 16.0 Å². The molecular formula is C22H25N3O2. The molecule has 5 heteroatoms. The summed E-state index contributed by atoms with van der Waals surface area (Å²) in [6.07, 6.45) is 1.35. The average Bonchev–Trinajstić information content (AvgIpc) is 2.73. The van der Waals surface area contributed by atoms with Crippen LogP contribution >= 0.6 is 0 Å². The van der Waals surface area contributed by atoms with E-state index in [1.807, 2.05) is 48.2 Å². The molecule has 140 valence electrons. The highest BCUT2D eigenvalue weighted by molar-refractivity contribution is 5.94. The summed E-state index contributed by atoms with van der Waals surface area (Å²) in [5.41, 5.74) is 4.37. The Balaban J connectivity index is 1.39. The zero-order valence-electron chi connectivity index (χ0n) is 15.6. The number of aryl methyl sites for hydroxylation is 1. The van der Waals surface area contributed by atoms with E-state index in [0.29, 0.717) is 6.42 Å². The fourth-order valence-electron chi connectivity index (χ4n) is 3.91. The van der Waals surface area contributed by atoms with Crippen molar-refractivity contribution in [3.05, 3.63) is 59.7 Å². The Morgan fingerprint density at radius 2 is 1.74 bits per heavy atom. The van der Waals surface area contributed by atoms with E-state index in [1.165, 1.54) is 11.3 Å². The molecule has 5 nitrogen and oxygen atoms in total. The van der Waals surface area contributed by atoms with E-state index in [-0.39, 0.29) is 17.7 Å². The van der Waals surface area contributed by atoms with Gasteiger partial charge in [-0.15, -0.1) is 0 Å². The van der Waals surface area contributed by atoms with Crippen LogP contribution in [0.1, 0.15) is 30.4 Å². The summed E-state index contributed by atoms with van der Waals surface area (Å²) < 4.78 is 0. The third-order valence-electron chi connectivity index (χ3n) is 5.61. The first-order valence-electron chi connectivity index (χ1n) is 9.63. The maximum atomic E-state index is 12.8. The molecule has 1 atom stereocenters. The van der Waals surface area contributed by atoms with Crippen LogP contribution in [0.2, 0.25) is 0 Å². The Hall–Kier alpha value is -2.82. The zero-order chi connectivity index (χ0) is 18.8. The summed E-state index contributed by atoms with van der Waals surface area (Å²) in [5.74, 6) is 0.189. The molecule has 0 bridgehead atoms. The normalized spacial score (nSPS) is 17.9. The molecule has 1 fully saturated rings. The predicted octanol–water partition coefficient (Wildman–Crippen LogP) is 3.02. The summed E-state index contributed by atoms with van der Waals surface area (Å²) in [6.45, 7) is 5.13. The van der Waals surface area contributed by atoms with Crippen molar-refractivity contribution in [3.8, 4) is 0 Å². The number of hydrogen-bond acceptors (Lipinski definition) is 3. The zero-order valence-corrected chi connectivity index (χ0v) is 15.6. The van der Waals surface area contributed by atoms with Crippen LogP contribution in [0.25, 0.3) is 0 Å². The van der Waals surface area contributed by atoms with Crippen molar-refractivity contribution >= 4 is 23.2 Å². The van der Waals surface area contributed by atoms with Crippen molar-refractivity contribution in [2.24, 2.45) is 0 Å². The minimum Gasteiger partial charge on any atom is -0.368 e.